The van der Waals surface area contributed by atoms with Gasteiger partial charge in [0.2, 0.25) is 0 Å². The average Bonchev–Trinajstić information content (AvgIpc) is 2.93. The molecule has 2 heterocycles. The minimum Gasteiger partial charge on any atom is -0.351 e. The Hall–Kier alpha value is -1.02. The van der Waals surface area contributed by atoms with E-state index in [0.29, 0.717) is 17.8 Å². The number of nitrogens with one attached hydrogen (secondary N) is 1. The molecule has 0 aromatic carbocycles. The Morgan fingerprint density at radius 3 is 2.95 bits per heavy atom. The molecule has 8 heteroatoms. The van der Waals surface area contributed by atoms with Crippen LogP contribution < -0.4 is 5.32 Å². The summed E-state index contributed by atoms with van der Waals surface area (Å²) in [5, 5.41) is 6.73. The highest BCUT2D eigenvalue weighted by Crippen LogP contribution is 2.18. The Labute approximate surface area is 116 Å². The number of aryl methyl sites for hydroxylation is 1. The average molecular weight is 303 g/mol. The van der Waals surface area contributed by atoms with Gasteiger partial charge in [0.1, 0.15) is 4.88 Å². The SMILES string of the molecule is CCCc1nnsc1C(=O)NCC1CCS(=O)(=O)C1. The normalized spacial score (nSPS) is 21.4. The van der Waals surface area contributed by atoms with E-state index in [4.69, 9.17) is 0 Å². The second-order valence-electron chi connectivity index (χ2n) is 4.78. The first-order valence-electron chi connectivity index (χ1n) is 6.31. The van der Waals surface area contributed by atoms with E-state index in [1.165, 1.54) is 0 Å². The Balaban J connectivity index is 1.89. The summed E-state index contributed by atoms with van der Waals surface area (Å²) in [7, 11) is -2.89. The number of rotatable bonds is 5. The third-order valence-corrected chi connectivity index (χ3v) is 5.73. The lowest BCUT2D eigenvalue weighted by atomic mass is 10.1. The highest BCUT2D eigenvalue weighted by Gasteiger charge is 2.28. The van der Waals surface area contributed by atoms with Gasteiger partial charge in [0.05, 0.1) is 17.2 Å². The number of amides is 1. The van der Waals surface area contributed by atoms with E-state index >= 15 is 0 Å². The monoisotopic (exact) mass is 303 g/mol. The van der Waals surface area contributed by atoms with Crippen molar-refractivity contribution < 1.29 is 13.2 Å². The molecule has 1 aromatic rings. The van der Waals surface area contributed by atoms with Gasteiger partial charge in [-0.2, -0.15) is 0 Å². The summed E-state index contributed by atoms with van der Waals surface area (Å²) in [5.74, 6) is 0.250. The predicted octanol–water partition coefficient (Wildman–Crippen LogP) is 0.655. The summed E-state index contributed by atoms with van der Waals surface area (Å²) >= 11 is 1.09. The van der Waals surface area contributed by atoms with Crippen LogP contribution in [0.2, 0.25) is 0 Å². The lowest BCUT2D eigenvalue weighted by Crippen LogP contribution is -2.29. The maximum absolute atomic E-state index is 12.0. The molecule has 1 aliphatic heterocycles. The van der Waals surface area contributed by atoms with Gasteiger partial charge in [0, 0.05) is 6.54 Å². The van der Waals surface area contributed by atoms with Gasteiger partial charge >= 0.3 is 0 Å². The Morgan fingerprint density at radius 2 is 2.32 bits per heavy atom. The van der Waals surface area contributed by atoms with Gasteiger partial charge in [-0.05, 0) is 30.3 Å². The molecule has 6 nitrogen and oxygen atoms in total. The maximum atomic E-state index is 12.0. The minimum absolute atomic E-state index is 0.0319. The van der Waals surface area contributed by atoms with Gasteiger partial charge in [-0.25, -0.2) is 8.42 Å². The fourth-order valence-corrected chi connectivity index (χ4v) is 4.62. The predicted molar refractivity (Wildman–Crippen MR) is 73.0 cm³/mol. The molecule has 1 saturated heterocycles. The molecule has 0 spiro atoms. The van der Waals surface area contributed by atoms with E-state index in [9.17, 15) is 13.2 Å². The molecule has 1 fully saturated rings. The molecule has 1 aromatic heterocycles. The molecule has 19 heavy (non-hydrogen) atoms. The zero-order valence-corrected chi connectivity index (χ0v) is 12.4. The summed E-state index contributed by atoms with van der Waals surface area (Å²) in [4.78, 5) is 12.5. The third kappa shape index (κ3) is 3.73. The smallest absolute Gasteiger partial charge is 0.264 e. The molecule has 1 N–H and O–H groups in total. The van der Waals surface area contributed by atoms with Gasteiger partial charge in [-0.1, -0.05) is 17.8 Å². The van der Waals surface area contributed by atoms with Crippen molar-refractivity contribution in [2.45, 2.75) is 26.2 Å². The number of aromatic nitrogens is 2. The molecule has 0 bridgehead atoms. The molecule has 2 rings (SSSR count). The molecule has 106 valence electrons. The van der Waals surface area contributed by atoms with E-state index in [-0.39, 0.29) is 23.3 Å². The number of sulfone groups is 1. The van der Waals surface area contributed by atoms with Crippen molar-refractivity contribution in [1.82, 2.24) is 14.9 Å². The minimum atomic E-state index is -2.89. The first-order valence-corrected chi connectivity index (χ1v) is 8.91. The Bertz CT molecular complexity index is 553. The Morgan fingerprint density at radius 1 is 1.53 bits per heavy atom. The summed E-state index contributed by atoms with van der Waals surface area (Å²) in [6, 6.07) is 0. The summed E-state index contributed by atoms with van der Waals surface area (Å²) < 4.78 is 26.4. The molecule has 1 atom stereocenters. The number of carbonyl (C=O) groups is 1. The third-order valence-electron chi connectivity index (χ3n) is 3.13. The molecule has 0 radical (unpaired) electrons. The van der Waals surface area contributed by atoms with Crippen molar-refractivity contribution in [2.24, 2.45) is 5.92 Å². The van der Waals surface area contributed by atoms with Crippen molar-refractivity contribution >= 4 is 27.3 Å². The molecule has 1 amide bonds. The van der Waals surface area contributed by atoms with Crippen molar-refractivity contribution in [2.75, 3.05) is 18.1 Å². The molecule has 0 aliphatic carbocycles. The highest BCUT2D eigenvalue weighted by molar-refractivity contribution is 7.91. The standard InChI is InChI=1S/C11H17N3O3S2/c1-2-3-9-10(18-14-13-9)11(15)12-6-8-4-5-19(16,17)7-8/h8H,2-7H2,1H3,(H,12,15). The quantitative estimate of drug-likeness (QED) is 0.863. The van der Waals surface area contributed by atoms with E-state index in [1.54, 1.807) is 0 Å². The Kier molecular flexibility index (Phi) is 4.51. The first kappa shape index (κ1) is 14.4. The second-order valence-corrected chi connectivity index (χ2v) is 7.76. The number of hydrogen-bond acceptors (Lipinski definition) is 6. The van der Waals surface area contributed by atoms with Gasteiger partial charge in [-0.15, -0.1) is 5.10 Å². The van der Waals surface area contributed by atoms with Crippen molar-refractivity contribution in [3.8, 4) is 0 Å². The zero-order valence-electron chi connectivity index (χ0n) is 10.8. The molecular weight excluding hydrogens is 286 g/mol. The van der Waals surface area contributed by atoms with Crippen LogP contribution in [0.1, 0.15) is 35.1 Å². The summed E-state index contributed by atoms with van der Waals surface area (Å²) in [6.07, 6.45) is 2.27. The van der Waals surface area contributed by atoms with E-state index in [2.05, 4.69) is 14.9 Å². The molecular formula is C11H17N3O3S2. The van der Waals surface area contributed by atoms with Gasteiger partial charge in [0.25, 0.3) is 5.91 Å². The van der Waals surface area contributed by atoms with E-state index < -0.39 is 9.84 Å². The van der Waals surface area contributed by atoms with Crippen LogP contribution in [0.25, 0.3) is 0 Å². The van der Waals surface area contributed by atoms with Crippen molar-refractivity contribution in [1.29, 1.82) is 0 Å². The van der Waals surface area contributed by atoms with Crippen LogP contribution >= 0.6 is 11.5 Å². The van der Waals surface area contributed by atoms with Crippen LogP contribution in [-0.4, -0.2) is 42.0 Å². The second kappa shape index (κ2) is 5.96. The summed E-state index contributed by atoms with van der Waals surface area (Å²) in [6.45, 7) is 2.42. The van der Waals surface area contributed by atoms with Crippen LogP contribution in [0.3, 0.4) is 0 Å². The highest BCUT2D eigenvalue weighted by atomic mass is 32.2. The number of nitrogens with zero attached hydrogens (tertiary/aromatic N) is 2. The topological polar surface area (TPSA) is 89.0 Å². The van der Waals surface area contributed by atoms with Crippen LogP contribution in [-0.2, 0) is 16.3 Å². The van der Waals surface area contributed by atoms with E-state index in [1.807, 2.05) is 6.92 Å². The van der Waals surface area contributed by atoms with Crippen LogP contribution in [0, 0.1) is 5.92 Å². The fourth-order valence-electron chi connectivity index (χ4n) is 2.13. The van der Waals surface area contributed by atoms with Crippen LogP contribution in [0.15, 0.2) is 0 Å². The summed E-state index contributed by atoms with van der Waals surface area (Å²) in [5.41, 5.74) is 0.726. The largest absolute Gasteiger partial charge is 0.351 e. The number of carbonyl (C=O) groups excluding carboxylic acids is 1. The van der Waals surface area contributed by atoms with Crippen molar-refractivity contribution in [3.63, 3.8) is 0 Å². The van der Waals surface area contributed by atoms with Gasteiger partial charge in [-0.3, -0.25) is 4.79 Å². The van der Waals surface area contributed by atoms with Gasteiger partial charge < -0.3 is 5.32 Å². The molecule has 1 aliphatic rings. The lowest BCUT2D eigenvalue weighted by molar-refractivity contribution is 0.0951. The van der Waals surface area contributed by atoms with Gasteiger partial charge in [0.15, 0.2) is 9.84 Å². The lowest BCUT2D eigenvalue weighted by Gasteiger charge is -2.08. The fraction of sp³-hybridized carbons (Fsp3) is 0.727. The van der Waals surface area contributed by atoms with Crippen LogP contribution in [0.5, 0.6) is 0 Å². The first-order chi connectivity index (χ1) is 9.02. The zero-order chi connectivity index (χ0) is 13.9. The molecule has 0 saturated carbocycles. The number of hydrogen-bond donors (Lipinski definition) is 1. The van der Waals surface area contributed by atoms with E-state index in [0.717, 1.165) is 30.1 Å². The maximum Gasteiger partial charge on any atom is 0.264 e. The van der Waals surface area contributed by atoms with Crippen LogP contribution in [0.4, 0.5) is 0 Å². The molecule has 1 unspecified atom stereocenters. The van der Waals surface area contributed by atoms with Crippen molar-refractivity contribution in [3.05, 3.63) is 10.6 Å².